The van der Waals surface area contributed by atoms with Crippen LogP contribution in [0, 0.1) is 0 Å². The van der Waals surface area contributed by atoms with Crippen molar-refractivity contribution in [3.63, 3.8) is 0 Å². The average Bonchev–Trinajstić information content (AvgIpc) is 2.75. The Labute approximate surface area is 112 Å². The van der Waals surface area contributed by atoms with Crippen LogP contribution in [0.15, 0.2) is 6.20 Å². The lowest BCUT2D eigenvalue weighted by Crippen LogP contribution is -2.17. The minimum Gasteiger partial charge on any atom is -0.372 e. The number of hydrogen-bond acceptors (Lipinski definition) is 3. The third-order valence-corrected chi connectivity index (χ3v) is 3.29. The highest BCUT2D eigenvalue weighted by molar-refractivity contribution is 9.09. The number of alkyl halides is 4. The summed E-state index contributed by atoms with van der Waals surface area (Å²) in [5.41, 5.74) is 0.828. The second-order valence-electron chi connectivity index (χ2n) is 3.80. The predicted molar refractivity (Wildman–Crippen MR) is 63.5 cm³/mol. The van der Waals surface area contributed by atoms with Gasteiger partial charge in [0, 0.05) is 19.3 Å². The molecule has 0 fully saturated rings. The average molecular weight is 330 g/mol. The Balaban J connectivity index is 2.22. The minimum absolute atomic E-state index is 0.0558. The van der Waals surface area contributed by atoms with Crippen LogP contribution in [0.2, 0.25) is 0 Å². The fraction of sp³-hybridized carbons (Fsp3) is 0.800. The molecular formula is C10H15BrF3N3O. The molecule has 0 spiro atoms. The lowest BCUT2D eigenvalue weighted by molar-refractivity contribution is -0.174. The van der Waals surface area contributed by atoms with Gasteiger partial charge in [0.2, 0.25) is 0 Å². The van der Waals surface area contributed by atoms with Crippen molar-refractivity contribution in [1.82, 2.24) is 15.0 Å². The van der Waals surface area contributed by atoms with Gasteiger partial charge in [0.15, 0.2) is 0 Å². The summed E-state index contributed by atoms with van der Waals surface area (Å²) in [5, 5.41) is 7.86. The molecule has 18 heavy (non-hydrogen) atoms. The maximum absolute atomic E-state index is 11.8. The molecule has 104 valence electrons. The summed E-state index contributed by atoms with van der Waals surface area (Å²) < 4.78 is 41.4. The molecule has 4 nitrogen and oxygen atoms in total. The number of aromatic nitrogens is 3. The zero-order chi connectivity index (χ0) is 13.6. The quantitative estimate of drug-likeness (QED) is 0.570. The molecule has 0 aliphatic heterocycles. The van der Waals surface area contributed by atoms with E-state index in [0.29, 0.717) is 13.0 Å². The van der Waals surface area contributed by atoms with E-state index in [9.17, 15) is 13.2 Å². The van der Waals surface area contributed by atoms with Crippen LogP contribution in [0.25, 0.3) is 0 Å². The Bertz CT molecular complexity index is 356. The maximum atomic E-state index is 11.8. The van der Waals surface area contributed by atoms with Crippen molar-refractivity contribution in [3.8, 4) is 0 Å². The van der Waals surface area contributed by atoms with Gasteiger partial charge in [-0.15, -0.1) is 5.10 Å². The van der Waals surface area contributed by atoms with Crippen LogP contribution >= 0.6 is 15.9 Å². The third kappa shape index (κ3) is 5.81. The van der Waals surface area contributed by atoms with Crippen molar-refractivity contribution in [1.29, 1.82) is 0 Å². The molecule has 1 heterocycles. The maximum Gasteiger partial charge on any atom is 0.411 e. The van der Waals surface area contributed by atoms with Gasteiger partial charge in [0.1, 0.15) is 6.61 Å². The minimum atomic E-state index is -4.26. The molecule has 0 radical (unpaired) electrons. The SMILES string of the molecule is CCC(Br)c1cn(CCCOCC(F)(F)F)nn1. The second kappa shape index (κ2) is 7.08. The van der Waals surface area contributed by atoms with E-state index < -0.39 is 12.8 Å². The zero-order valence-corrected chi connectivity index (χ0v) is 11.5. The Morgan fingerprint density at radius 2 is 2.22 bits per heavy atom. The highest BCUT2D eigenvalue weighted by Gasteiger charge is 2.27. The topological polar surface area (TPSA) is 39.9 Å². The molecule has 1 aromatic rings. The number of rotatable bonds is 7. The van der Waals surface area contributed by atoms with Crippen molar-refractivity contribution in [2.45, 2.75) is 37.3 Å². The van der Waals surface area contributed by atoms with Gasteiger partial charge in [0.25, 0.3) is 0 Å². The van der Waals surface area contributed by atoms with Crippen LogP contribution < -0.4 is 0 Å². The molecule has 1 atom stereocenters. The molecule has 8 heteroatoms. The van der Waals surface area contributed by atoms with Crippen LogP contribution in [0.3, 0.4) is 0 Å². The first kappa shape index (κ1) is 15.4. The number of hydrogen-bond donors (Lipinski definition) is 0. The van der Waals surface area contributed by atoms with Gasteiger partial charge in [-0.05, 0) is 12.8 Å². The van der Waals surface area contributed by atoms with E-state index in [0.717, 1.165) is 12.1 Å². The molecule has 0 saturated carbocycles. The van der Waals surface area contributed by atoms with E-state index in [1.807, 2.05) is 6.92 Å². The molecule has 1 rings (SSSR count). The van der Waals surface area contributed by atoms with Crippen LogP contribution in [0.5, 0.6) is 0 Å². The predicted octanol–water partition coefficient (Wildman–Crippen LogP) is 3.09. The summed E-state index contributed by atoms with van der Waals surface area (Å²) in [4.78, 5) is 0.160. The van der Waals surface area contributed by atoms with Crippen molar-refractivity contribution in [2.24, 2.45) is 0 Å². The Hall–Kier alpha value is -0.630. The van der Waals surface area contributed by atoms with Crippen molar-refractivity contribution < 1.29 is 17.9 Å². The normalized spacial score (nSPS) is 13.8. The summed E-state index contributed by atoms with van der Waals surface area (Å²) in [6.45, 7) is 1.37. The zero-order valence-electron chi connectivity index (χ0n) is 9.95. The fourth-order valence-electron chi connectivity index (χ4n) is 1.29. The highest BCUT2D eigenvalue weighted by Crippen LogP contribution is 2.23. The Kier molecular flexibility index (Phi) is 6.07. The molecule has 0 aliphatic rings. The number of aryl methyl sites for hydroxylation is 1. The molecule has 0 bridgehead atoms. The third-order valence-electron chi connectivity index (χ3n) is 2.18. The standard InChI is InChI=1S/C10H15BrF3N3O/c1-2-8(11)9-6-17(16-15-9)4-3-5-18-7-10(12,13)14/h6,8H,2-5,7H2,1H3. The lowest BCUT2D eigenvalue weighted by Gasteiger charge is -2.07. The number of nitrogens with zero attached hydrogens (tertiary/aromatic N) is 3. The molecular weight excluding hydrogens is 315 g/mol. The first-order valence-electron chi connectivity index (χ1n) is 5.61. The van der Waals surface area contributed by atoms with Gasteiger partial charge in [-0.3, -0.25) is 4.68 Å². The van der Waals surface area contributed by atoms with Gasteiger partial charge in [-0.1, -0.05) is 28.1 Å². The molecule has 0 N–H and O–H groups in total. The first-order valence-corrected chi connectivity index (χ1v) is 6.52. The molecule has 0 amide bonds. The number of halogens is 4. The van der Waals surface area contributed by atoms with E-state index >= 15 is 0 Å². The smallest absolute Gasteiger partial charge is 0.372 e. The summed E-state index contributed by atoms with van der Waals surface area (Å²) in [6, 6.07) is 0. The van der Waals surface area contributed by atoms with Crippen molar-refractivity contribution in [2.75, 3.05) is 13.2 Å². The van der Waals surface area contributed by atoms with Gasteiger partial charge < -0.3 is 4.74 Å². The molecule has 1 aromatic heterocycles. The largest absolute Gasteiger partial charge is 0.411 e. The fourth-order valence-corrected chi connectivity index (χ4v) is 1.50. The van der Waals surface area contributed by atoms with Gasteiger partial charge >= 0.3 is 6.18 Å². The Morgan fingerprint density at radius 1 is 1.50 bits per heavy atom. The summed E-state index contributed by atoms with van der Waals surface area (Å²) in [5.74, 6) is 0. The van der Waals surface area contributed by atoms with Gasteiger partial charge in [0.05, 0.1) is 10.5 Å². The van der Waals surface area contributed by atoms with Crippen molar-refractivity contribution in [3.05, 3.63) is 11.9 Å². The van der Waals surface area contributed by atoms with Crippen LogP contribution in [0.4, 0.5) is 13.2 Å². The van der Waals surface area contributed by atoms with E-state index in [2.05, 4.69) is 31.0 Å². The van der Waals surface area contributed by atoms with E-state index in [-0.39, 0.29) is 11.4 Å². The van der Waals surface area contributed by atoms with Crippen LogP contribution in [0.1, 0.15) is 30.3 Å². The first-order chi connectivity index (χ1) is 8.42. The van der Waals surface area contributed by atoms with Gasteiger partial charge in [-0.25, -0.2) is 0 Å². The van der Waals surface area contributed by atoms with Crippen LogP contribution in [-0.4, -0.2) is 34.4 Å². The second-order valence-corrected chi connectivity index (χ2v) is 4.91. The van der Waals surface area contributed by atoms with E-state index in [4.69, 9.17) is 0 Å². The lowest BCUT2D eigenvalue weighted by atomic mass is 10.3. The summed E-state index contributed by atoms with van der Waals surface area (Å²) >= 11 is 3.45. The number of ether oxygens (including phenoxy) is 1. The Morgan fingerprint density at radius 3 is 2.83 bits per heavy atom. The molecule has 0 aliphatic carbocycles. The summed E-state index contributed by atoms with van der Waals surface area (Å²) in [7, 11) is 0. The summed E-state index contributed by atoms with van der Waals surface area (Å²) in [6.07, 6.45) is -1.11. The van der Waals surface area contributed by atoms with E-state index in [1.54, 1.807) is 10.9 Å². The van der Waals surface area contributed by atoms with Gasteiger partial charge in [-0.2, -0.15) is 13.2 Å². The van der Waals surface area contributed by atoms with Crippen LogP contribution in [-0.2, 0) is 11.3 Å². The van der Waals surface area contributed by atoms with Crippen molar-refractivity contribution >= 4 is 15.9 Å². The monoisotopic (exact) mass is 329 g/mol. The molecule has 0 saturated heterocycles. The van der Waals surface area contributed by atoms with E-state index in [1.165, 1.54) is 0 Å². The molecule has 0 aromatic carbocycles. The highest BCUT2D eigenvalue weighted by atomic mass is 79.9. The molecule has 1 unspecified atom stereocenters.